The molecule has 0 aliphatic rings. The predicted octanol–water partition coefficient (Wildman–Crippen LogP) is 4.32. The molecular formula is C13H15BrN2S. The molecule has 0 radical (unpaired) electrons. The second kappa shape index (κ2) is 5.76. The predicted molar refractivity (Wildman–Crippen MR) is 76.2 cm³/mol. The molecular weight excluding hydrogens is 296 g/mol. The molecule has 2 aromatic rings. The van der Waals surface area contributed by atoms with Gasteiger partial charge in [0.05, 0.1) is 9.48 Å². The molecule has 2 heterocycles. The third-order valence-corrected chi connectivity index (χ3v) is 4.46. The van der Waals surface area contributed by atoms with Gasteiger partial charge in [-0.05, 0) is 54.0 Å². The molecule has 0 saturated heterocycles. The molecule has 17 heavy (non-hydrogen) atoms. The van der Waals surface area contributed by atoms with Gasteiger partial charge in [-0.15, -0.1) is 11.3 Å². The minimum Gasteiger partial charge on any atom is -0.301 e. The van der Waals surface area contributed by atoms with E-state index in [4.69, 9.17) is 0 Å². The summed E-state index contributed by atoms with van der Waals surface area (Å²) in [6.07, 6.45) is 1.83. The van der Waals surface area contributed by atoms with E-state index in [0.717, 1.165) is 5.69 Å². The maximum absolute atomic E-state index is 4.36. The normalized spacial score (nSPS) is 14.5. The van der Waals surface area contributed by atoms with E-state index in [1.165, 1.54) is 8.66 Å². The Balaban J connectivity index is 2.02. The molecule has 2 nitrogen and oxygen atoms in total. The Morgan fingerprint density at radius 2 is 2.00 bits per heavy atom. The molecule has 0 saturated carbocycles. The monoisotopic (exact) mass is 310 g/mol. The van der Waals surface area contributed by atoms with Gasteiger partial charge in [0.15, 0.2) is 0 Å². The number of aromatic nitrogens is 1. The number of nitrogens with zero attached hydrogens (tertiary/aromatic N) is 1. The van der Waals surface area contributed by atoms with E-state index >= 15 is 0 Å². The van der Waals surface area contributed by atoms with Crippen LogP contribution >= 0.6 is 27.3 Å². The summed E-state index contributed by atoms with van der Waals surface area (Å²) in [5.41, 5.74) is 1.08. The van der Waals surface area contributed by atoms with Crippen LogP contribution in [-0.2, 0) is 0 Å². The van der Waals surface area contributed by atoms with E-state index in [1.807, 2.05) is 18.3 Å². The van der Waals surface area contributed by atoms with Crippen LogP contribution in [0.1, 0.15) is 36.5 Å². The van der Waals surface area contributed by atoms with Crippen molar-refractivity contribution in [1.29, 1.82) is 0 Å². The number of pyridine rings is 1. The van der Waals surface area contributed by atoms with Gasteiger partial charge in [0, 0.05) is 23.2 Å². The fourth-order valence-electron chi connectivity index (χ4n) is 1.74. The van der Waals surface area contributed by atoms with Crippen LogP contribution in [0, 0.1) is 0 Å². The molecule has 0 spiro atoms. The lowest BCUT2D eigenvalue weighted by Crippen LogP contribution is -2.22. The topological polar surface area (TPSA) is 24.9 Å². The Morgan fingerprint density at radius 3 is 2.59 bits per heavy atom. The smallest absolute Gasteiger partial charge is 0.0701 e. The van der Waals surface area contributed by atoms with Crippen molar-refractivity contribution in [3.05, 3.63) is 50.9 Å². The molecule has 0 aliphatic carbocycles. The zero-order chi connectivity index (χ0) is 12.3. The highest BCUT2D eigenvalue weighted by atomic mass is 79.9. The van der Waals surface area contributed by atoms with E-state index in [1.54, 1.807) is 11.3 Å². The average molecular weight is 311 g/mol. The third kappa shape index (κ3) is 3.37. The standard InChI is InChI=1S/C13H15BrN2S/c1-9(11-5-3-4-8-15-11)16-10(2)12-6-7-13(14)17-12/h3-10,16H,1-2H3/t9-,10?/m1/s1. The number of hydrogen-bond acceptors (Lipinski definition) is 3. The number of hydrogen-bond donors (Lipinski definition) is 1. The summed E-state index contributed by atoms with van der Waals surface area (Å²) >= 11 is 5.26. The maximum Gasteiger partial charge on any atom is 0.0701 e. The average Bonchev–Trinajstić information content (AvgIpc) is 2.77. The van der Waals surface area contributed by atoms with Crippen LogP contribution in [0.15, 0.2) is 40.3 Å². The van der Waals surface area contributed by atoms with Crippen LogP contribution in [-0.4, -0.2) is 4.98 Å². The molecule has 2 atom stereocenters. The van der Waals surface area contributed by atoms with Crippen LogP contribution in [0.2, 0.25) is 0 Å². The first kappa shape index (κ1) is 12.7. The minimum atomic E-state index is 0.257. The summed E-state index contributed by atoms with van der Waals surface area (Å²) in [7, 11) is 0. The third-order valence-electron chi connectivity index (χ3n) is 2.65. The van der Waals surface area contributed by atoms with Crippen LogP contribution in [0.3, 0.4) is 0 Å². The van der Waals surface area contributed by atoms with Crippen molar-refractivity contribution in [2.24, 2.45) is 0 Å². The highest BCUT2D eigenvalue weighted by molar-refractivity contribution is 9.11. The second-order valence-corrected chi connectivity index (χ2v) is 6.50. The fourth-order valence-corrected chi connectivity index (χ4v) is 3.17. The summed E-state index contributed by atoms with van der Waals surface area (Å²) < 4.78 is 1.17. The minimum absolute atomic E-state index is 0.257. The number of rotatable bonds is 4. The molecule has 0 fully saturated rings. The maximum atomic E-state index is 4.36. The van der Waals surface area contributed by atoms with Crippen molar-refractivity contribution in [2.75, 3.05) is 0 Å². The lowest BCUT2D eigenvalue weighted by atomic mass is 10.1. The van der Waals surface area contributed by atoms with E-state index in [9.17, 15) is 0 Å². The number of thiophene rings is 1. The second-order valence-electron chi connectivity index (χ2n) is 4.01. The van der Waals surface area contributed by atoms with Gasteiger partial charge in [0.1, 0.15) is 0 Å². The van der Waals surface area contributed by atoms with Crippen LogP contribution in [0.25, 0.3) is 0 Å². The van der Waals surface area contributed by atoms with Gasteiger partial charge >= 0.3 is 0 Å². The van der Waals surface area contributed by atoms with Crippen molar-refractivity contribution in [1.82, 2.24) is 10.3 Å². The first-order chi connectivity index (χ1) is 8.16. The van der Waals surface area contributed by atoms with E-state index < -0.39 is 0 Å². The van der Waals surface area contributed by atoms with Crippen LogP contribution < -0.4 is 5.32 Å². The first-order valence-corrected chi connectivity index (χ1v) is 7.20. The van der Waals surface area contributed by atoms with Gasteiger partial charge in [0.25, 0.3) is 0 Å². The Morgan fingerprint density at radius 1 is 1.18 bits per heavy atom. The van der Waals surface area contributed by atoms with Gasteiger partial charge in [-0.2, -0.15) is 0 Å². The SMILES string of the molecule is CC(N[C@H](C)c1ccccn1)c1ccc(Br)s1. The molecule has 2 aromatic heterocycles. The first-order valence-electron chi connectivity index (χ1n) is 5.59. The van der Waals surface area contributed by atoms with Gasteiger partial charge < -0.3 is 5.32 Å². The Labute approximate surface area is 114 Å². The highest BCUT2D eigenvalue weighted by Crippen LogP contribution is 2.28. The van der Waals surface area contributed by atoms with E-state index in [2.05, 4.69) is 58.3 Å². The van der Waals surface area contributed by atoms with Gasteiger partial charge in [0.2, 0.25) is 0 Å². The Kier molecular flexibility index (Phi) is 4.31. The lowest BCUT2D eigenvalue weighted by molar-refractivity contribution is 0.491. The van der Waals surface area contributed by atoms with E-state index in [-0.39, 0.29) is 6.04 Å². The van der Waals surface area contributed by atoms with Crippen molar-refractivity contribution in [3.63, 3.8) is 0 Å². The molecule has 90 valence electrons. The molecule has 0 aromatic carbocycles. The summed E-state index contributed by atoms with van der Waals surface area (Å²) in [5.74, 6) is 0. The molecule has 0 bridgehead atoms. The molecule has 1 N–H and O–H groups in total. The zero-order valence-electron chi connectivity index (χ0n) is 9.85. The van der Waals surface area contributed by atoms with Gasteiger partial charge in [-0.1, -0.05) is 6.07 Å². The summed E-state index contributed by atoms with van der Waals surface area (Å²) in [4.78, 5) is 5.70. The lowest BCUT2D eigenvalue weighted by Gasteiger charge is -2.18. The zero-order valence-corrected chi connectivity index (χ0v) is 12.3. The van der Waals surface area contributed by atoms with Crippen molar-refractivity contribution in [3.8, 4) is 0 Å². The quantitative estimate of drug-likeness (QED) is 0.909. The van der Waals surface area contributed by atoms with Gasteiger partial charge in [-0.25, -0.2) is 0 Å². The molecule has 0 aliphatic heterocycles. The molecule has 0 amide bonds. The molecule has 2 rings (SSSR count). The van der Waals surface area contributed by atoms with Crippen LogP contribution in [0.4, 0.5) is 0 Å². The summed E-state index contributed by atoms with van der Waals surface area (Å²) in [5, 5.41) is 3.55. The summed E-state index contributed by atoms with van der Waals surface area (Å²) in [6, 6.07) is 10.8. The van der Waals surface area contributed by atoms with Crippen molar-refractivity contribution < 1.29 is 0 Å². The molecule has 4 heteroatoms. The van der Waals surface area contributed by atoms with Crippen molar-refractivity contribution in [2.45, 2.75) is 25.9 Å². The highest BCUT2D eigenvalue weighted by Gasteiger charge is 2.13. The van der Waals surface area contributed by atoms with E-state index in [0.29, 0.717) is 6.04 Å². The molecule has 1 unspecified atom stereocenters. The van der Waals surface area contributed by atoms with Crippen LogP contribution in [0.5, 0.6) is 0 Å². The fraction of sp³-hybridized carbons (Fsp3) is 0.308. The largest absolute Gasteiger partial charge is 0.301 e. The Bertz CT molecular complexity index is 469. The van der Waals surface area contributed by atoms with Crippen molar-refractivity contribution >= 4 is 27.3 Å². The number of nitrogens with one attached hydrogen (secondary N) is 1. The van der Waals surface area contributed by atoms with Gasteiger partial charge in [-0.3, -0.25) is 4.98 Å². The Hall–Kier alpha value is -0.710. The summed E-state index contributed by atoms with van der Waals surface area (Å²) in [6.45, 7) is 4.32. The number of halogens is 1.